The molecule has 41 heavy (non-hydrogen) atoms. The molecule has 0 saturated heterocycles. The van der Waals surface area contributed by atoms with E-state index in [1.54, 1.807) is 30.3 Å². The minimum absolute atomic E-state index is 0.00388. The van der Waals surface area contributed by atoms with Crippen molar-refractivity contribution in [1.82, 2.24) is 21.3 Å². The van der Waals surface area contributed by atoms with Gasteiger partial charge in [0.1, 0.15) is 23.9 Å². The van der Waals surface area contributed by atoms with Crippen molar-refractivity contribution in [2.45, 2.75) is 64.2 Å². The van der Waals surface area contributed by atoms with Gasteiger partial charge in [0.05, 0.1) is 15.3 Å². The van der Waals surface area contributed by atoms with Crippen LogP contribution in [0.4, 0.5) is 0 Å². The van der Waals surface area contributed by atoms with Gasteiger partial charge in [0, 0.05) is 6.42 Å². The number of amides is 4. The summed E-state index contributed by atoms with van der Waals surface area (Å²) in [6.07, 6.45) is 0.225. The molecule has 0 saturated carbocycles. The number of rotatable bonds is 15. The summed E-state index contributed by atoms with van der Waals surface area (Å²) in [5.41, 5.74) is 7.03. The lowest BCUT2D eigenvalue weighted by molar-refractivity contribution is -0.142. The molecule has 0 bridgehead atoms. The lowest BCUT2D eigenvalue weighted by Gasteiger charge is -2.23. The van der Waals surface area contributed by atoms with Crippen molar-refractivity contribution in [3.05, 3.63) is 65.7 Å². The average Bonchev–Trinajstić information content (AvgIpc) is 2.93. The van der Waals surface area contributed by atoms with E-state index < -0.39 is 66.1 Å². The van der Waals surface area contributed by atoms with Gasteiger partial charge in [0.15, 0.2) is 0 Å². The van der Waals surface area contributed by atoms with Crippen LogP contribution in [0.3, 0.4) is 0 Å². The molecule has 0 unspecified atom stereocenters. The van der Waals surface area contributed by atoms with Gasteiger partial charge in [-0.2, -0.15) is 0 Å². The maximum Gasteiger partial charge on any atom is 0.326 e. The first-order valence-corrected chi connectivity index (χ1v) is 13.2. The van der Waals surface area contributed by atoms with Crippen LogP contribution in [0, 0.1) is 5.92 Å². The highest BCUT2D eigenvalue weighted by atomic mass is 16.4. The number of carboxylic acid groups (broad SMARTS) is 1. The number of hydrogen-bond acceptors (Lipinski definition) is 7. The average molecular weight is 574 g/mol. The summed E-state index contributed by atoms with van der Waals surface area (Å²) in [7, 11) is 0. The minimum Gasteiger partial charge on any atom is -0.508 e. The molecular formula is C29H39N5O7. The zero-order valence-electron chi connectivity index (χ0n) is 25.3. The van der Waals surface area contributed by atoms with Gasteiger partial charge in [-0.15, -0.1) is 0 Å². The summed E-state index contributed by atoms with van der Waals surface area (Å²) in [5.74, 6) is -4.47. The number of hydrogen-bond donors (Lipinski definition) is 7. The van der Waals surface area contributed by atoms with E-state index in [9.17, 15) is 34.2 Å². The summed E-state index contributed by atoms with van der Waals surface area (Å²) in [6, 6.07) is 6.37. The fourth-order valence-electron chi connectivity index (χ4n) is 3.85. The fraction of sp³-hybridized carbons (Fsp3) is 0.414. The highest BCUT2D eigenvalue weighted by Crippen LogP contribution is 2.11. The maximum absolute atomic E-state index is 13.0. The molecule has 0 aliphatic carbocycles. The Balaban J connectivity index is 1.96. The molecule has 0 aliphatic rings. The minimum atomic E-state index is -1.19. The zero-order chi connectivity index (χ0) is 32.3. The number of benzene rings is 2. The summed E-state index contributed by atoms with van der Waals surface area (Å²) < 4.78 is 15.3. The topological polar surface area (TPSA) is 200 Å². The van der Waals surface area contributed by atoms with Crippen LogP contribution in [0.25, 0.3) is 0 Å². The van der Waals surface area contributed by atoms with Crippen LogP contribution in [0.2, 0.25) is 0 Å². The number of nitrogens with one attached hydrogen (secondary N) is 4. The van der Waals surface area contributed by atoms with E-state index in [-0.39, 0.29) is 37.3 Å². The second kappa shape index (κ2) is 16.0. The van der Waals surface area contributed by atoms with E-state index in [4.69, 9.17) is 8.48 Å². The standard InChI is InChI=1S/C29H39N5O7/c1-17(2)13-24(29(40)41)34-28(39)23(15-19-7-5-4-6-8-19)33-25(36)16-31-26(37)18(3)32-27(38)22(30)14-20-9-11-21(35)12-10-20/h4-12,17-18,22-24,35H,13-16,30H2,1-3H3,(H,31,37)(H,32,38)(H,33,36)(H,34,39)(H,40,41)/t18-,22+,23+,24-/m1/s1/i11T,12T. The van der Waals surface area contributed by atoms with E-state index in [0.29, 0.717) is 5.56 Å². The van der Waals surface area contributed by atoms with E-state index in [2.05, 4.69) is 21.3 Å². The first-order chi connectivity index (χ1) is 20.2. The van der Waals surface area contributed by atoms with E-state index in [1.165, 1.54) is 19.1 Å². The molecule has 4 amide bonds. The summed E-state index contributed by atoms with van der Waals surface area (Å²) in [5, 5.41) is 28.9. The number of nitrogens with two attached hydrogens (primary N) is 1. The van der Waals surface area contributed by atoms with Gasteiger partial charge in [0.25, 0.3) is 0 Å². The Morgan fingerprint density at radius 3 is 2.02 bits per heavy atom. The van der Waals surface area contributed by atoms with Crippen molar-refractivity contribution in [3.8, 4) is 5.75 Å². The molecule has 2 rings (SSSR count). The van der Waals surface area contributed by atoms with Crippen molar-refractivity contribution in [1.29, 1.82) is 0 Å². The normalized spacial score (nSPS) is 14.5. The largest absolute Gasteiger partial charge is 0.508 e. The molecule has 2 aromatic carbocycles. The lowest BCUT2D eigenvalue weighted by atomic mass is 10.0. The molecule has 222 valence electrons. The highest BCUT2D eigenvalue weighted by molar-refractivity contribution is 5.94. The Morgan fingerprint density at radius 2 is 1.44 bits per heavy atom. The van der Waals surface area contributed by atoms with E-state index >= 15 is 0 Å². The lowest BCUT2D eigenvalue weighted by Crippen LogP contribution is -2.55. The Hall–Kier alpha value is -4.45. The van der Waals surface area contributed by atoms with Crippen molar-refractivity contribution >= 4 is 29.6 Å². The molecule has 0 aliphatic heterocycles. The summed E-state index contributed by atoms with van der Waals surface area (Å²) >= 11 is 0. The number of carbonyl (C=O) groups excluding carboxylic acids is 4. The number of aromatic hydroxyl groups is 1. The van der Waals surface area contributed by atoms with Gasteiger partial charge in [-0.05, 0) is 48.9 Å². The molecule has 12 heteroatoms. The third-order valence-electron chi connectivity index (χ3n) is 6.01. The van der Waals surface area contributed by atoms with Gasteiger partial charge >= 0.3 is 5.97 Å². The second-order valence-electron chi connectivity index (χ2n) is 10.1. The molecular weight excluding hydrogens is 530 g/mol. The maximum atomic E-state index is 13.0. The number of carboxylic acids is 1. The van der Waals surface area contributed by atoms with Crippen LogP contribution < -0.4 is 27.0 Å². The molecule has 0 spiro atoms. The van der Waals surface area contributed by atoms with Crippen LogP contribution in [-0.2, 0) is 36.8 Å². The van der Waals surface area contributed by atoms with Gasteiger partial charge in [0.2, 0.25) is 23.6 Å². The smallest absolute Gasteiger partial charge is 0.326 e. The molecule has 0 fully saturated rings. The number of aliphatic carboxylic acids is 1. The van der Waals surface area contributed by atoms with Gasteiger partial charge < -0.3 is 37.2 Å². The van der Waals surface area contributed by atoms with Crippen molar-refractivity contribution in [3.63, 3.8) is 0 Å². The van der Waals surface area contributed by atoms with Crippen LogP contribution in [0.15, 0.2) is 54.5 Å². The molecule has 8 N–H and O–H groups in total. The predicted molar refractivity (Wildman–Crippen MR) is 151 cm³/mol. The van der Waals surface area contributed by atoms with E-state index in [1.807, 2.05) is 13.8 Å². The Bertz CT molecular complexity index is 1290. The Labute approximate surface area is 241 Å². The van der Waals surface area contributed by atoms with Gasteiger partial charge in [-0.1, -0.05) is 56.3 Å². The third kappa shape index (κ3) is 11.7. The highest BCUT2D eigenvalue weighted by Gasteiger charge is 2.28. The molecule has 2 aromatic rings. The quantitative estimate of drug-likeness (QED) is 0.157. The molecule has 12 nitrogen and oxygen atoms in total. The second-order valence-corrected chi connectivity index (χ2v) is 10.1. The first-order valence-electron chi connectivity index (χ1n) is 14.2. The van der Waals surface area contributed by atoms with Crippen LogP contribution >= 0.6 is 0 Å². The Kier molecular flexibility index (Phi) is 11.5. The van der Waals surface area contributed by atoms with Crippen molar-refractivity contribution < 1.29 is 36.9 Å². The SMILES string of the molecule is [3H]c1cc(C[C@H](N)C(=O)N[C@H](C)C(=O)NCC(=O)N[C@@H](Cc2ccccc2)C(=O)N[C@H](CC(C)C)C(=O)O)cc([3H])c1O. The zero-order valence-corrected chi connectivity index (χ0v) is 23.3. The van der Waals surface area contributed by atoms with Crippen LogP contribution in [0.5, 0.6) is 5.75 Å². The number of phenols is 1. The van der Waals surface area contributed by atoms with E-state index in [0.717, 1.165) is 5.56 Å². The van der Waals surface area contributed by atoms with Gasteiger partial charge in [-0.3, -0.25) is 19.2 Å². The van der Waals surface area contributed by atoms with Crippen molar-refractivity contribution in [2.75, 3.05) is 6.54 Å². The summed E-state index contributed by atoms with van der Waals surface area (Å²) in [4.78, 5) is 62.5. The van der Waals surface area contributed by atoms with Crippen LogP contribution in [-0.4, -0.2) is 70.5 Å². The molecule has 0 aromatic heterocycles. The predicted octanol–water partition coefficient (Wildman–Crippen LogP) is 0.226. The number of phenolic OH excluding ortho intramolecular Hbond substituents is 1. The van der Waals surface area contributed by atoms with Crippen molar-refractivity contribution in [2.24, 2.45) is 11.7 Å². The summed E-state index contributed by atoms with van der Waals surface area (Å²) in [6.45, 7) is 4.50. The third-order valence-corrected chi connectivity index (χ3v) is 6.01. The fourth-order valence-corrected chi connectivity index (χ4v) is 3.85. The molecule has 4 atom stereocenters. The molecule has 0 radical (unpaired) electrons. The van der Waals surface area contributed by atoms with Gasteiger partial charge in [-0.25, -0.2) is 4.79 Å². The first kappa shape index (κ1) is 29.5. The number of carbonyl (C=O) groups is 5. The Morgan fingerprint density at radius 1 is 0.829 bits per heavy atom. The van der Waals surface area contributed by atoms with Crippen LogP contribution in [0.1, 0.15) is 41.1 Å². The molecule has 0 heterocycles. The monoisotopic (exact) mass is 573 g/mol.